The average molecular weight is 420 g/mol. The lowest BCUT2D eigenvalue weighted by Gasteiger charge is -2.32. The van der Waals surface area contributed by atoms with Crippen molar-refractivity contribution in [2.45, 2.75) is 59.9 Å². The van der Waals surface area contributed by atoms with Crippen molar-refractivity contribution < 1.29 is 4.79 Å². The first kappa shape index (κ1) is 22.7. The van der Waals surface area contributed by atoms with Crippen molar-refractivity contribution in [2.75, 3.05) is 6.54 Å². The number of aromatic nitrogens is 2. The molecule has 3 aromatic rings. The van der Waals surface area contributed by atoms with Crippen LogP contribution in [0.15, 0.2) is 53.3 Å². The van der Waals surface area contributed by atoms with Gasteiger partial charge in [-0.25, -0.2) is 4.98 Å². The second kappa shape index (κ2) is 9.90. The molecule has 2 aromatic carbocycles. The van der Waals surface area contributed by atoms with Crippen molar-refractivity contribution in [3.05, 3.63) is 70.3 Å². The van der Waals surface area contributed by atoms with Gasteiger partial charge in [0, 0.05) is 12.5 Å². The lowest BCUT2D eigenvalue weighted by Crippen LogP contribution is -2.40. The van der Waals surface area contributed by atoms with Crippen LogP contribution >= 0.6 is 0 Å². The summed E-state index contributed by atoms with van der Waals surface area (Å²) >= 11 is 0. The zero-order valence-electron chi connectivity index (χ0n) is 19.3. The molecule has 1 heterocycles. The number of benzene rings is 2. The van der Waals surface area contributed by atoms with E-state index in [1.165, 1.54) is 0 Å². The normalized spacial score (nSPS) is 12.3. The van der Waals surface area contributed by atoms with Crippen LogP contribution < -0.4 is 5.56 Å². The van der Waals surface area contributed by atoms with E-state index >= 15 is 0 Å². The van der Waals surface area contributed by atoms with Gasteiger partial charge in [-0.15, -0.1) is 0 Å². The fraction of sp³-hybridized carbons (Fsp3) is 0.423. The maximum absolute atomic E-state index is 13.6. The zero-order valence-corrected chi connectivity index (χ0v) is 19.3. The molecule has 31 heavy (non-hydrogen) atoms. The molecular formula is C26H33N3O2. The summed E-state index contributed by atoms with van der Waals surface area (Å²) in [7, 11) is 0. The predicted octanol–water partition coefficient (Wildman–Crippen LogP) is 5.43. The Hall–Kier alpha value is -2.95. The number of carbonyl (C=O) groups excluding carboxylic acids is 1. The molecule has 0 aliphatic carbocycles. The van der Waals surface area contributed by atoms with Crippen LogP contribution in [0.5, 0.6) is 0 Å². The highest BCUT2D eigenvalue weighted by Crippen LogP contribution is 2.25. The van der Waals surface area contributed by atoms with Gasteiger partial charge in [0.25, 0.3) is 5.56 Å². The summed E-state index contributed by atoms with van der Waals surface area (Å²) in [4.78, 5) is 33.5. The first-order chi connectivity index (χ1) is 14.8. The Balaban J connectivity index is 2.21. The Kier molecular flexibility index (Phi) is 7.26. The molecule has 3 rings (SSSR count). The number of amides is 1. The summed E-state index contributed by atoms with van der Waals surface area (Å²) in [6, 6.07) is 14.9. The number of fused-ring (bicyclic) bond motifs is 1. The highest BCUT2D eigenvalue weighted by molar-refractivity contribution is 5.79. The minimum Gasteiger partial charge on any atom is -0.333 e. The third-order valence-corrected chi connectivity index (χ3v) is 5.68. The van der Waals surface area contributed by atoms with Gasteiger partial charge >= 0.3 is 0 Å². The van der Waals surface area contributed by atoms with Gasteiger partial charge in [-0.1, -0.05) is 57.9 Å². The predicted molar refractivity (Wildman–Crippen MR) is 127 cm³/mol. The molecule has 1 aromatic heterocycles. The molecule has 0 spiro atoms. The Bertz CT molecular complexity index is 1120. The van der Waals surface area contributed by atoms with Gasteiger partial charge in [-0.2, -0.15) is 0 Å². The van der Waals surface area contributed by atoms with E-state index in [-0.39, 0.29) is 23.4 Å². The fourth-order valence-corrected chi connectivity index (χ4v) is 3.94. The minimum atomic E-state index is -0.329. The summed E-state index contributed by atoms with van der Waals surface area (Å²) in [5.41, 5.74) is 2.39. The quantitative estimate of drug-likeness (QED) is 0.458. The summed E-state index contributed by atoms with van der Waals surface area (Å²) in [5.74, 6) is 0.560. The van der Waals surface area contributed by atoms with E-state index in [2.05, 4.69) is 6.92 Å². The molecule has 1 amide bonds. The molecule has 0 aliphatic rings. The van der Waals surface area contributed by atoms with Crippen molar-refractivity contribution in [1.29, 1.82) is 0 Å². The molecule has 0 N–H and O–H groups in total. The molecule has 0 fully saturated rings. The van der Waals surface area contributed by atoms with E-state index in [1.54, 1.807) is 4.57 Å². The van der Waals surface area contributed by atoms with Crippen LogP contribution in [-0.4, -0.2) is 26.9 Å². The molecule has 0 saturated heterocycles. The summed E-state index contributed by atoms with van der Waals surface area (Å²) in [6.45, 7) is 10.6. The number of rotatable bonds is 8. The fourth-order valence-electron chi connectivity index (χ4n) is 3.94. The molecule has 1 atom stereocenters. The molecule has 0 bridgehead atoms. The Morgan fingerprint density at radius 2 is 1.81 bits per heavy atom. The van der Waals surface area contributed by atoms with Gasteiger partial charge in [0.05, 0.1) is 22.6 Å². The maximum atomic E-state index is 13.6. The average Bonchev–Trinajstić information content (AvgIpc) is 2.75. The molecule has 164 valence electrons. The van der Waals surface area contributed by atoms with Gasteiger partial charge in [-0.3, -0.25) is 14.2 Å². The third kappa shape index (κ3) is 4.87. The molecule has 1 unspecified atom stereocenters. The topological polar surface area (TPSA) is 55.2 Å². The summed E-state index contributed by atoms with van der Waals surface area (Å²) in [6.07, 6.45) is 3.08. The first-order valence-electron chi connectivity index (χ1n) is 11.2. The SMILES string of the molecule is CCCCCN(C(=O)C(C)C)C(C)c1nc2ccccc2c(=O)n1-c1cccc(C)c1. The second-order valence-electron chi connectivity index (χ2n) is 8.54. The Labute approximate surface area is 184 Å². The van der Waals surface area contributed by atoms with E-state index < -0.39 is 0 Å². The van der Waals surface area contributed by atoms with Crippen LogP contribution in [-0.2, 0) is 4.79 Å². The second-order valence-corrected chi connectivity index (χ2v) is 8.54. The van der Waals surface area contributed by atoms with Crippen molar-refractivity contribution in [2.24, 2.45) is 5.92 Å². The molecular weight excluding hydrogens is 386 g/mol. The number of unbranched alkanes of at least 4 members (excludes halogenated alkanes) is 2. The van der Waals surface area contributed by atoms with Crippen molar-refractivity contribution in [3.8, 4) is 5.69 Å². The van der Waals surface area contributed by atoms with Crippen molar-refractivity contribution in [3.63, 3.8) is 0 Å². The smallest absolute Gasteiger partial charge is 0.266 e. The van der Waals surface area contributed by atoms with Gasteiger partial charge in [0.15, 0.2) is 0 Å². The van der Waals surface area contributed by atoms with Gasteiger partial charge < -0.3 is 4.90 Å². The van der Waals surface area contributed by atoms with Gasteiger partial charge in [-0.05, 0) is 50.1 Å². The lowest BCUT2D eigenvalue weighted by atomic mass is 10.1. The van der Waals surface area contributed by atoms with Crippen molar-refractivity contribution in [1.82, 2.24) is 14.5 Å². The zero-order chi connectivity index (χ0) is 22.5. The van der Waals surface area contributed by atoms with E-state index in [4.69, 9.17) is 4.98 Å². The number of hydrogen-bond acceptors (Lipinski definition) is 3. The monoisotopic (exact) mass is 419 g/mol. The van der Waals surface area contributed by atoms with E-state index in [1.807, 2.05) is 81.1 Å². The molecule has 0 radical (unpaired) electrons. The van der Waals surface area contributed by atoms with Crippen molar-refractivity contribution >= 4 is 16.8 Å². The number of para-hydroxylation sites is 1. The lowest BCUT2D eigenvalue weighted by molar-refractivity contribution is -0.137. The molecule has 0 aliphatic heterocycles. The number of aryl methyl sites for hydroxylation is 1. The summed E-state index contributed by atoms with van der Waals surface area (Å²) < 4.78 is 1.68. The molecule has 5 nitrogen and oxygen atoms in total. The van der Waals surface area contributed by atoms with Crippen LogP contribution in [0, 0.1) is 12.8 Å². The van der Waals surface area contributed by atoms with Gasteiger partial charge in [0.1, 0.15) is 5.82 Å². The Morgan fingerprint density at radius 1 is 1.06 bits per heavy atom. The molecule has 5 heteroatoms. The number of carbonyl (C=O) groups is 1. The largest absolute Gasteiger partial charge is 0.333 e. The minimum absolute atomic E-state index is 0.0850. The van der Waals surface area contributed by atoms with Crippen LogP contribution in [0.4, 0.5) is 0 Å². The van der Waals surface area contributed by atoms with Crippen LogP contribution in [0.25, 0.3) is 16.6 Å². The van der Waals surface area contributed by atoms with Crippen LogP contribution in [0.1, 0.15) is 64.4 Å². The summed E-state index contributed by atoms with van der Waals surface area (Å²) in [5, 5.41) is 0.577. The van der Waals surface area contributed by atoms with E-state index in [0.29, 0.717) is 23.3 Å². The van der Waals surface area contributed by atoms with Gasteiger partial charge in [0.2, 0.25) is 5.91 Å². The number of hydrogen-bond donors (Lipinski definition) is 0. The highest BCUT2D eigenvalue weighted by Gasteiger charge is 2.27. The van der Waals surface area contributed by atoms with E-state index in [0.717, 1.165) is 30.5 Å². The van der Waals surface area contributed by atoms with E-state index in [9.17, 15) is 9.59 Å². The third-order valence-electron chi connectivity index (χ3n) is 5.68. The number of nitrogens with zero attached hydrogens (tertiary/aromatic N) is 3. The molecule has 0 saturated carbocycles. The first-order valence-corrected chi connectivity index (χ1v) is 11.2. The maximum Gasteiger partial charge on any atom is 0.266 e. The Morgan fingerprint density at radius 3 is 2.48 bits per heavy atom. The standard InChI is InChI=1S/C26H33N3O2/c1-6-7-10-16-28(25(30)18(2)3)20(5)24-27-23-15-9-8-14-22(23)26(31)29(24)21-13-11-12-19(4)17-21/h8-9,11-15,17-18,20H,6-7,10,16H2,1-5H3. The van der Waals surface area contributed by atoms with Crippen LogP contribution in [0.2, 0.25) is 0 Å². The highest BCUT2D eigenvalue weighted by atomic mass is 16.2. The van der Waals surface area contributed by atoms with Crippen LogP contribution in [0.3, 0.4) is 0 Å².